The molecule has 0 saturated heterocycles. The van der Waals surface area contributed by atoms with Crippen molar-refractivity contribution >= 4 is 23.2 Å². The van der Waals surface area contributed by atoms with Crippen molar-refractivity contribution in [3.05, 3.63) is 46.5 Å². The molecule has 0 spiro atoms. The van der Waals surface area contributed by atoms with E-state index in [0.717, 1.165) is 0 Å². The van der Waals surface area contributed by atoms with Crippen molar-refractivity contribution in [2.75, 3.05) is 20.8 Å². The smallest absolute Gasteiger partial charge is 0.308 e. The Labute approximate surface area is 170 Å². The summed E-state index contributed by atoms with van der Waals surface area (Å²) in [4.78, 5) is 28.4. The van der Waals surface area contributed by atoms with Gasteiger partial charge in [0, 0.05) is 12.6 Å². The number of methoxy groups -OCH3 is 2. The van der Waals surface area contributed by atoms with Crippen LogP contribution >= 0.6 is 11.3 Å². The summed E-state index contributed by atoms with van der Waals surface area (Å²) >= 11 is 1.33. The number of carbonyl (C=O) groups excluding carboxylic acids is 2. The summed E-state index contributed by atoms with van der Waals surface area (Å²) < 4.78 is 20.7. The minimum atomic E-state index is -0.488. The third-order valence-electron chi connectivity index (χ3n) is 3.83. The topological polar surface area (TPSA) is 113 Å². The SMILES string of the molecule is COc1ccc(-c2noc(COC(=O)CCNC(=O)c3cccs3)n2)c(OC)c1. The Morgan fingerprint density at radius 2 is 2.07 bits per heavy atom. The number of hydrogen-bond acceptors (Lipinski definition) is 9. The zero-order valence-electron chi connectivity index (χ0n) is 15.8. The van der Waals surface area contributed by atoms with E-state index in [2.05, 4.69) is 15.5 Å². The number of rotatable bonds is 9. The Kier molecular flexibility index (Phi) is 6.80. The van der Waals surface area contributed by atoms with Crippen molar-refractivity contribution in [1.82, 2.24) is 15.5 Å². The zero-order valence-corrected chi connectivity index (χ0v) is 16.7. The third kappa shape index (κ3) is 5.32. The summed E-state index contributed by atoms with van der Waals surface area (Å²) in [6.07, 6.45) is 0.0322. The van der Waals surface area contributed by atoms with Gasteiger partial charge in [-0.15, -0.1) is 11.3 Å². The first-order valence-electron chi connectivity index (χ1n) is 8.63. The Hall–Kier alpha value is -3.40. The van der Waals surface area contributed by atoms with Gasteiger partial charge in [0.1, 0.15) is 11.5 Å². The number of thiophene rings is 1. The highest BCUT2D eigenvalue weighted by Crippen LogP contribution is 2.31. The second-order valence-corrected chi connectivity index (χ2v) is 6.67. The molecular weight excluding hydrogens is 398 g/mol. The van der Waals surface area contributed by atoms with Crippen LogP contribution in [-0.2, 0) is 16.1 Å². The molecular formula is C19H19N3O6S. The van der Waals surface area contributed by atoms with E-state index in [1.807, 2.05) is 5.38 Å². The highest BCUT2D eigenvalue weighted by molar-refractivity contribution is 7.12. The van der Waals surface area contributed by atoms with Gasteiger partial charge in [-0.2, -0.15) is 4.98 Å². The first-order chi connectivity index (χ1) is 14.1. The predicted molar refractivity (Wildman–Crippen MR) is 104 cm³/mol. The predicted octanol–water partition coefficient (Wildman–Crippen LogP) is 2.68. The first kappa shape index (κ1) is 20.3. The van der Waals surface area contributed by atoms with E-state index < -0.39 is 5.97 Å². The molecule has 1 aromatic carbocycles. The molecule has 2 aromatic heterocycles. The van der Waals surface area contributed by atoms with E-state index in [-0.39, 0.29) is 31.4 Å². The number of benzene rings is 1. The van der Waals surface area contributed by atoms with Crippen molar-refractivity contribution < 1.29 is 28.3 Å². The van der Waals surface area contributed by atoms with Crippen LogP contribution in [0.1, 0.15) is 22.0 Å². The lowest BCUT2D eigenvalue weighted by atomic mass is 10.2. The second-order valence-electron chi connectivity index (χ2n) is 5.72. The van der Waals surface area contributed by atoms with Crippen LogP contribution in [0.2, 0.25) is 0 Å². The average Bonchev–Trinajstić information content (AvgIpc) is 3.44. The summed E-state index contributed by atoms with van der Waals surface area (Å²) in [7, 11) is 3.08. The van der Waals surface area contributed by atoms with Gasteiger partial charge in [-0.3, -0.25) is 9.59 Å². The molecule has 1 N–H and O–H groups in total. The molecule has 0 saturated carbocycles. The minimum Gasteiger partial charge on any atom is -0.497 e. The molecule has 0 unspecified atom stereocenters. The molecule has 3 rings (SSSR count). The maximum Gasteiger partial charge on any atom is 0.308 e. The fourth-order valence-corrected chi connectivity index (χ4v) is 3.03. The maximum atomic E-state index is 11.8. The third-order valence-corrected chi connectivity index (χ3v) is 4.70. The van der Waals surface area contributed by atoms with Crippen LogP contribution in [0.3, 0.4) is 0 Å². The molecule has 0 aliphatic heterocycles. The van der Waals surface area contributed by atoms with Gasteiger partial charge >= 0.3 is 5.97 Å². The normalized spacial score (nSPS) is 10.4. The van der Waals surface area contributed by atoms with E-state index in [1.165, 1.54) is 18.4 Å². The molecule has 29 heavy (non-hydrogen) atoms. The quantitative estimate of drug-likeness (QED) is 0.529. The van der Waals surface area contributed by atoms with Gasteiger partial charge in [0.25, 0.3) is 11.8 Å². The summed E-state index contributed by atoms with van der Waals surface area (Å²) in [5.41, 5.74) is 0.617. The number of ether oxygens (including phenoxy) is 3. The lowest BCUT2D eigenvalue weighted by molar-refractivity contribution is -0.145. The molecule has 152 valence electrons. The van der Waals surface area contributed by atoms with E-state index in [4.69, 9.17) is 18.7 Å². The summed E-state index contributed by atoms with van der Waals surface area (Å²) in [5.74, 6) is 0.901. The van der Waals surface area contributed by atoms with Crippen molar-refractivity contribution in [2.45, 2.75) is 13.0 Å². The zero-order chi connectivity index (χ0) is 20.6. The molecule has 0 bridgehead atoms. The van der Waals surface area contributed by atoms with Crippen molar-refractivity contribution in [1.29, 1.82) is 0 Å². The summed E-state index contributed by atoms with van der Waals surface area (Å²) in [5, 5.41) is 8.35. The van der Waals surface area contributed by atoms with Gasteiger partial charge in [-0.1, -0.05) is 11.2 Å². The molecule has 0 atom stereocenters. The molecule has 0 fully saturated rings. The maximum absolute atomic E-state index is 11.8. The van der Waals surface area contributed by atoms with Gasteiger partial charge in [0.15, 0.2) is 6.61 Å². The minimum absolute atomic E-state index is 0.0322. The van der Waals surface area contributed by atoms with Gasteiger partial charge in [-0.25, -0.2) is 0 Å². The van der Waals surface area contributed by atoms with E-state index in [9.17, 15) is 9.59 Å². The first-order valence-corrected chi connectivity index (χ1v) is 9.51. The number of carbonyl (C=O) groups is 2. The van der Waals surface area contributed by atoms with Crippen molar-refractivity contribution in [2.24, 2.45) is 0 Å². The van der Waals surface area contributed by atoms with Crippen LogP contribution in [0.15, 0.2) is 40.2 Å². The molecule has 1 amide bonds. The number of esters is 1. The van der Waals surface area contributed by atoms with Crippen LogP contribution in [0.25, 0.3) is 11.4 Å². The number of aromatic nitrogens is 2. The fraction of sp³-hybridized carbons (Fsp3) is 0.263. The van der Waals surface area contributed by atoms with Crippen LogP contribution < -0.4 is 14.8 Å². The fourth-order valence-electron chi connectivity index (χ4n) is 2.39. The molecule has 0 aliphatic rings. The summed E-state index contributed by atoms with van der Waals surface area (Å²) in [6, 6.07) is 8.69. The lowest BCUT2D eigenvalue weighted by Gasteiger charge is -2.07. The standard InChI is InChI=1S/C19H19N3O6S/c1-25-12-5-6-13(14(10-12)26-2)18-21-16(28-22-18)11-27-17(23)7-8-20-19(24)15-4-3-9-29-15/h3-6,9-10H,7-8,11H2,1-2H3,(H,20,24). The number of hydrogen-bond donors (Lipinski definition) is 1. The Morgan fingerprint density at radius 3 is 2.79 bits per heavy atom. The summed E-state index contributed by atoms with van der Waals surface area (Å²) in [6.45, 7) is 0.0108. The van der Waals surface area contributed by atoms with Crippen LogP contribution in [-0.4, -0.2) is 42.8 Å². The van der Waals surface area contributed by atoms with E-state index in [1.54, 1.807) is 37.4 Å². The molecule has 3 aromatic rings. The van der Waals surface area contributed by atoms with Crippen LogP contribution in [0, 0.1) is 0 Å². The highest BCUT2D eigenvalue weighted by Gasteiger charge is 2.15. The monoisotopic (exact) mass is 417 g/mol. The molecule has 9 nitrogen and oxygen atoms in total. The van der Waals surface area contributed by atoms with Crippen LogP contribution in [0.4, 0.5) is 0 Å². The van der Waals surface area contributed by atoms with Crippen molar-refractivity contribution in [3.8, 4) is 22.9 Å². The van der Waals surface area contributed by atoms with E-state index >= 15 is 0 Å². The molecule has 0 radical (unpaired) electrons. The Bertz CT molecular complexity index is 970. The second kappa shape index (κ2) is 9.69. The van der Waals surface area contributed by atoms with Gasteiger partial charge in [0.05, 0.1) is 31.1 Å². The molecule has 0 aliphatic carbocycles. The molecule has 2 heterocycles. The van der Waals surface area contributed by atoms with Crippen LogP contribution in [0.5, 0.6) is 11.5 Å². The van der Waals surface area contributed by atoms with Gasteiger partial charge < -0.3 is 24.1 Å². The Morgan fingerprint density at radius 1 is 1.21 bits per heavy atom. The van der Waals surface area contributed by atoms with Crippen molar-refractivity contribution in [3.63, 3.8) is 0 Å². The number of nitrogens with zero attached hydrogens (tertiary/aromatic N) is 2. The molecule has 10 heteroatoms. The lowest BCUT2D eigenvalue weighted by Crippen LogP contribution is -2.25. The average molecular weight is 417 g/mol. The van der Waals surface area contributed by atoms with Gasteiger partial charge in [-0.05, 0) is 23.6 Å². The largest absolute Gasteiger partial charge is 0.497 e. The van der Waals surface area contributed by atoms with Gasteiger partial charge in [0.2, 0.25) is 5.82 Å². The number of nitrogens with one attached hydrogen (secondary N) is 1. The highest BCUT2D eigenvalue weighted by atomic mass is 32.1. The Balaban J connectivity index is 1.49. The number of amides is 1. The van der Waals surface area contributed by atoms with E-state index in [0.29, 0.717) is 27.8 Å².